The van der Waals surface area contributed by atoms with E-state index in [9.17, 15) is 0 Å². The molecule has 2 heteroatoms. The van der Waals surface area contributed by atoms with Crippen LogP contribution in [0.15, 0.2) is 12.3 Å². The van der Waals surface area contributed by atoms with Crippen molar-refractivity contribution in [2.24, 2.45) is 5.41 Å². The summed E-state index contributed by atoms with van der Waals surface area (Å²) in [4.78, 5) is 0. The third-order valence-electron chi connectivity index (χ3n) is 3.31. The fraction of sp³-hybridized carbons (Fsp3) is 0.846. The molecule has 0 heterocycles. The summed E-state index contributed by atoms with van der Waals surface area (Å²) in [7, 11) is 1.96. The van der Waals surface area contributed by atoms with E-state index in [0.29, 0.717) is 0 Å². The average molecular weight is 213 g/mol. The molecular formula is C13H27NO. The van der Waals surface area contributed by atoms with Crippen LogP contribution in [0.25, 0.3) is 0 Å². The molecule has 1 N–H and O–H groups in total. The van der Waals surface area contributed by atoms with Crippen molar-refractivity contribution in [3.05, 3.63) is 12.3 Å². The fourth-order valence-electron chi connectivity index (χ4n) is 1.16. The van der Waals surface area contributed by atoms with Crippen LogP contribution in [0.5, 0.6) is 0 Å². The maximum Gasteiger partial charge on any atom is 0.100 e. The normalized spacial score (nSPS) is 13.9. The first kappa shape index (κ1) is 14.5. The third kappa shape index (κ3) is 3.53. The summed E-state index contributed by atoms with van der Waals surface area (Å²) in [6.07, 6.45) is 0. The Balaban J connectivity index is 4.82. The first-order chi connectivity index (χ1) is 6.44. The van der Waals surface area contributed by atoms with Gasteiger partial charge in [-0.25, -0.2) is 0 Å². The predicted octanol–water partition coefficient (Wildman–Crippen LogP) is 3.34. The van der Waals surface area contributed by atoms with Crippen LogP contribution < -0.4 is 5.32 Å². The zero-order chi connectivity index (χ0) is 12.5. The van der Waals surface area contributed by atoms with Crippen molar-refractivity contribution in [3.8, 4) is 0 Å². The molecule has 0 rings (SSSR count). The molecule has 0 aromatic heterocycles. The molecule has 0 unspecified atom stereocenters. The van der Waals surface area contributed by atoms with E-state index in [0.717, 1.165) is 5.76 Å². The van der Waals surface area contributed by atoms with E-state index in [1.165, 1.54) is 0 Å². The van der Waals surface area contributed by atoms with Crippen LogP contribution in [0.1, 0.15) is 48.5 Å². The van der Waals surface area contributed by atoms with Crippen LogP contribution in [0.3, 0.4) is 0 Å². The summed E-state index contributed by atoms with van der Waals surface area (Å²) < 4.78 is 5.86. The summed E-state index contributed by atoms with van der Waals surface area (Å²) in [6, 6.07) is 0. The van der Waals surface area contributed by atoms with Crippen LogP contribution in [0, 0.1) is 5.41 Å². The van der Waals surface area contributed by atoms with E-state index < -0.39 is 0 Å². The molecule has 0 amide bonds. The topological polar surface area (TPSA) is 21.3 Å². The highest BCUT2D eigenvalue weighted by molar-refractivity contribution is 5.10. The number of ether oxygens (including phenoxy) is 1. The van der Waals surface area contributed by atoms with Gasteiger partial charge >= 0.3 is 0 Å². The molecule has 0 spiro atoms. The second kappa shape index (κ2) is 4.17. The molecule has 90 valence electrons. The smallest absolute Gasteiger partial charge is 0.100 e. The van der Waals surface area contributed by atoms with Crippen LogP contribution >= 0.6 is 0 Å². The highest BCUT2D eigenvalue weighted by atomic mass is 16.5. The Morgan fingerprint density at radius 1 is 1.00 bits per heavy atom. The predicted molar refractivity (Wildman–Crippen MR) is 66.9 cm³/mol. The second-order valence-electron chi connectivity index (χ2n) is 6.14. The van der Waals surface area contributed by atoms with Crippen molar-refractivity contribution in [1.29, 1.82) is 0 Å². The fourth-order valence-corrected chi connectivity index (χ4v) is 1.16. The lowest BCUT2D eigenvalue weighted by Gasteiger charge is -2.44. The summed E-state index contributed by atoms with van der Waals surface area (Å²) in [6.45, 7) is 18.8. The molecule has 0 bridgehead atoms. The van der Waals surface area contributed by atoms with Gasteiger partial charge in [0.15, 0.2) is 0 Å². The van der Waals surface area contributed by atoms with E-state index in [-0.39, 0.29) is 16.6 Å². The second-order valence-corrected chi connectivity index (χ2v) is 6.14. The Labute approximate surface area is 95.1 Å². The first-order valence-electron chi connectivity index (χ1n) is 5.51. The molecular weight excluding hydrogens is 186 g/mol. The van der Waals surface area contributed by atoms with Crippen LogP contribution in [-0.4, -0.2) is 18.2 Å². The SMILES string of the molecule is C=C(OC(C)(C)C)C(C)(C)C(C)(C)NC. The van der Waals surface area contributed by atoms with Crippen LogP contribution in [-0.2, 0) is 4.74 Å². The van der Waals surface area contributed by atoms with Gasteiger partial charge in [0.25, 0.3) is 0 Å². The molecule has 2 nitrogen and oxygen atoms in total. The van der Waals surface area contributed by atoms with E-state index >= 15 is 0 Å². The number of nitrogens with one attached hydrogen (secondary N) is 1. The van der Waals surface area contributed by atoms with Gasteiger partial charge in [0.2, 0.25) is 0 Å². The molecule has 15 heavy (non-hydrogen) atoms. The van der Waals surface area contributed by atoms with Crippen molar-refractivity contribution in [2.45, 2.75) is 59.6 Å². The molecule has 0 saturated heterocycles. The van der Waals surface area contributed by atoms with E-state index in [1.807, 2.05) is 27.8 Å². The summed E-state index contributed by atoms with van der Waals surface area (Å²) >= 11 is 0. The summed E-state index contributed by atoms with van der Waals surface area (Å²) in [5.41, 5.74) is -0.345. The zero-order valence-corrected chi connectivity index (χ0v) is 11.6. The van der Waals surface area contributed by atoms with Gasteiger partial charge in [-0.1, -0.05) is 20.4 Å². The first-order valence-corrected chi connectivity index (χ1v) is 5.51. The third-order valence-corrected chi connectivity index (χ3v) is 3.31. The Hall–Kier alpha value is -0.500. The van der Waals surface area contributed by atoms with E-state index in [2.05, 4.69) is 39.6 Å². The number of hydrogen-bond donors (Lipinski definition) is 1. The average Bonchev–Trinajstić information content (AvgIpc) is 2.00. The molecule has 0 aliphatic heterocycles. The Morgan fingerprint density at radius 3 is 1.67 bits per heavy atom. The van der Waals surface area contributed by atoms with Gasteiger partial charge in [0, 0.05) is 11.0 Å². The summed E-state index contributed by atoms with van der Waals surface area (Å²) in [5, 5.41) is 3.31. The minimum atomic E-state index is -0.182. The summed E-state index contributed by atoms with van der Waals surface area (Å²) in [5.74, 6) is 0.828. The molecule has 0 saturated carbocycles. The quantitative estimate of drug-likeness (QED) is 0.723. The van der Waals surface area contributed by atoms with E-state index in [4.69, 9.17) is 4.74 Å². The van der Waals surface area contributed by atoms with Gasteiger partial charge in [-0.2, -0.15) is 0 Å². The standard InChI is InChI=1S/C13H27NO/c1-10(15-11(2,3)4)12(5,6)13(7,8)14-9/h14H,1H2,2-9H3. The molecule has 0 radical (unpaired) electrons. The van der Waals surface area contributed by atoms with Crippen molar-refractivity contribution >= 4 is 0 Å². The molecule has 0 fully saturated rings. The molecule has 0 aliphatic carbocycles. The minimum absolute atomic E-state index is 0.0463. The molecule has 0 aliphatic rings. The monoisotopic (exact) mass is 213 g/mol. The minimum Gasteiger partial charge on any atom is -0.492 e. The number of rotatable bonds is 4. The zero-order valence-electron chi connectivity index (χ0n) is 11.6. The molecule has 0 aromatic rings. The van der Waals surface area contributed by atoms with Gasteiger partial charge in [-0.05, 0) is 41.7 Å². The van der Waals surface area contributed by atoms with Gasteiger partial charge in [0.1, 0.15) is 5.60 Å². The maximum absolute atomic E-state index is 5.86. The highest BCUT2D eigenvalue weighted by Gasteiger charge is 2.40. The van der Waals surface area contributed by atoms with Crippen molar-refractivity contribution in [3.63, 3.8) is 0 Å². The van der Waals surface area contributed by atoms with E-state index in [1.54, 1.807) is 0 Å². The lowest BCUT2D eigenvalue weighted by molar-refractivity contribution is -0.00201. The lowest BCUT2D eigenvalue weighted by atomic mass is 9.73. The molecule has 0 aromatic carbocycles. The Morgan fingerprint density at radius 2 is 1.40 bits per heavy atom. The van der Waals surface area contributed by atoms with Gasteiger partial charge < -0.3 is 10.1 Å². The largest absolute Gasteiger partial charge is 0.492 e. The van der Waals surface area contributed by atoms with Gasteiger partial charge in [-0.3, -0.25) is 0 Å². The maximum atomic E-state index is 5.86. The van der Waals surface area contributed by atoms with Crippen molar-refractivity contribution in [2.75, 3.05) is 7.05 Å². The highest BCUT2D eigenvalue weighted by Crippen LogP contribution is 2.38. The van der Waals surface area contributed by atoms with Gasteiger partial charge in [0.05, 0.1) is 5.76 Å². The Kier molecular flexibility index (Phi) is 4.03. The van der Waals surface area contributed by atoms with Gasteiger partial charge in [-0.15, -0.1) is 0 Å². The van der Waals surface area contributed by atoms with Crippen LogP contribution in [0.4, 0.5) is 0 Å². The van der Waals surface area contributed by atoms with Crippen molar-refractivity contribution in [1.82, 2.24) is 5.32 Å². The van der Waals surface area contributed by atoms with Crippen LogP contribution in [0.2, 0.25) is 0 Å². The molecule has 0 atom stereocenters. The van der Waals surface area contributed by atoms with Crippen molar-refractivity contribution < 1.29 is 4.74 Å². The lowest BCUT2D eigenvalue weighted by Crippen LogP contribution is -2.51. The Bertz CT molecular complexity index is 233. The number of hydrogen-bond acceptors (Lipinski definition) is 2.